The van der Waals surface area contributed by atoms with E-state index in [0.717, 1.165) is 65.4 Å². The molecular formula is C35H38N6O3. The largest absolute Gasteiger partial charge is 0.353 e. The second-order valence-electron chi connectivity index (χ2n) is 11.5. The van der Waals surface area contributed by atoms with E-state index < -0.39 is 0 Å². The summed E-state index contributed by atoms with van der Waals surface area (Å²) in [6, 6.07) is 27.7. The Kier molecular flexibility index (Phi) is 8.84. The molecule has 1 N–H and O–H groups in total. The molecule has 6 rings (SSSR count). The number of hydrogen-bond acceptors (Lipinski definition) is 7. The van der Waals surface area contributed by atoms with Crippen molar-refractivity contribution in [2.45, 2.75) is 32.4 Å². The molecule has 0 radical (unpaired) electrons. The number of para-hydroxylation sites is 1. The average Bonchev–Trinajstić information content (AvgIpc) is 3.59. The lowest BCUT2D eigenvalue weighted by Crippen LogP contribution is -2.48. The van der Waals surface area contributed by atoms with Crippen molar-refractivity contribution < 1.29 is 9.72 Å². The lowest BCUT2D eigenvalue weighted by atomic mass is 9.95. The fourth-order valence-corrected chi connectivity index (χ4v) is 6.36. The summed E-state index contributed by atoms with van der Waals surface area (Å²) >= 11 is 0. The summed E-state index contributed by atoms with van der Waals surface area (Å²) in [6.45, 7) is 7.01. The number of nitro groups is 1. The molecule has 3 aromatic carbocycles. The molecule has 44 heavy (non-hydrogen) atoms. The minimum absolute atomic E-state index is 0.129. The third-order valence-electron chi connectivity index (χ3n) is 8.64. The van der Waals surface area contributed by atoms with E-state index in [0.29, 0.717) is 44.1 Å². The van der Waals surface area contributed by atoms with Crippen LogP contribution in [0.2, 0.25) is 0 Å². The maximum atomic E-state index is 14.2. The number of amides is 1. The van der Waals surface area contributed by atoms with Gasteiger partial charge in [0.2, 0.25) is 0 Å². The van der Waals surface area contributed by atoms with Gasteiger partial charge >= 0.3 is 0 Å². The van der Waals surface area contributed by atoms with Gasteiger partial charge in [-0.2, -0.15) is 0 Å². The predicted octanol–water partition coefficient (Wildman–Crippen LogP) is 5.68. The van der Waals surface area contributed by atoms with E-state index in [-0.39, 0.29) is 16.9 Å². The summed E-state index contributed by atoms with van der Waals surface area (Å²) in [4.78, 5) is 37.1. The van der Waals surface area contributed by atoms with Crippen LogP contribution in [0.15, 0.2) is 97.0 Å². The number of pyridine rings is 1. The van der Waals surface area contributed by atoms with E-state index in [1.807, 2.05) is 91.9 Å². The van der Waals surface area contributed by atoms with Gasteiger partial charge in [-0.25, -0.2) is 4.98 Å². The molecule has 1 amide bonds. The second-order valence-corrected chi connectivity index (χ2v) is 11.5. The monoisotopic (exact) mass is 590 g/mol. The van der Waals surface area contributed by atoms with Crippen LogP contribution < -0.4 is 5.32 Å². The molecule has 0 saturated carbocycles. The summed E-state index contributed by atoms with van der Waals surface area (Å²) < 4.78 is 0. The van der Waals surface area contributed by atoms with Crippen LogP contribution in [-0.2, 0) is 6.54 Å². The highest BCUT2D eigenvalue weighted by atomic mass is 16.6. The molecule has 2 fully saturated rings. The molecule has 0 unspecified atom stereocenters. The van der Waals surface area contributed by atoms with Crippen molar-refractivity contribution in [3.05, 3.63) is 124 Å². The lowest BCUT2D eigenvalue weighted by molar-refractivity contribution is -0.405. The quantitative estimate of drug-likeness (QED) is 0.198. The van der Waals surface area contributed by atoms with Crippen LogP contribution in [0, 0.1) is 10.1 Å². The van der Waals surface area contributed by atoms with Gasteiger partial charge in [0.1, 0.15) is 0 Å². The zero-order chi connectivity index (χ0) is 30.5. The highest BCUT2D eigenvalue weighted by molar-refractivity contribution is 6.09. The Morgan fingerprint density at radius 3 is 2.18 bits per heavy atom. The van der Waals surface area contributed by atoms with Gasteiger partial charge in [0.25, 0.3) is 12.1 Å². The van der Waals surface area contributed by atoms with E-state index in [9.17, 15) is 14.9 Å². The number of nitrogens with zero attached hydrogens (tertiary/aromatic N) is 5. The summed E-state index contributed by atoms with van der Waals surface area (Å²) in [6.07, 6.45) is 3.28. The summed E-state index contributed by atoms with van der Waals surface area (Å²) in [5.74, 6) is 0.579. The fraction of sp³-hybridized carbons (Fsp3) is 0.314. The van der Waals surface area contributed by atoms with E-state index in [4.69, 9.17) is 4.98 Å². The van der Waals surface area contributed by atoms with E-state index in [1.54, 1.807) is 0 Å². The van der Waals surface area contributed by atoms with Crippen LogP contribution >= 0.6 is 0 Å². The number of carbonyl (C=O) groups excluding carboxylic acids is 1. The first kappa shape index (κ1) is 29.3. The van der Waals surface area contributed by atoms with Crippen LogP contribution in [-0.4, -0.2) is 69.8 Å². The Labute approximate surface area is 257 Å². The van der Waals surface area contributed by atoms with E-state index in [1.165, 1.54) is 0 Å². The Bertz CT molecular complexity index is 1650. The fourth-order valence-electron chi connectivity index (χ4n) is 6.36. The van der Waals surface area contributed by atoms with Crippen molar-refractivity contribution in [1.82, 2.24) is 25.0 Å². The normalized spacial score (nSPS) is 16.7. The van der Waals surface area contributed by atoms with Crippen LogP contribution in [0.4, 0.5) is 0 Å². The molecule has 3 heterocycles. The molecular weight excluding hydrogens is 552 g/mol. The molecule has 9 heteroatoms. The number of hydrogen-bond donors (Lipinski definition) is 1. The van der Waals surface area contributed by atoms with Gasteiger partial charge in [-0.3, -0.25) is 19.8 Å². The SMILES string of the molecule is C[C@H](NC(=O)c1c(CN2CCN(/C(=C/[N+](=O)[O-])N3CCCC3)CC2)c(-c2ccccc2)nc2ccccc12)c1ccccc1. The summed E-state index contributed by atoms with van der Waals surface area (Å²) in [5, 5.41) is 15.6. The zero-order valence-electron chi connectivity index (χ0n) is 25.1. The van der Waals surface area contributed by atoms with E-state index in [2.05, 4.69) is 20.0 Å². The van der Waals surface area contributed by atoms with Crippen molar-refractivity contribution in [2.24, 2.45) is 0 Å². The van der Waals surface area contributed by atoms with Gasteiger partial charge in [-0.05, 0) is 31.4 Å². The number of aromatic nitrogens is 1. The third kappa shape index (κ3) is 6.43. The molecule has 1 atom stereocenters. The average molecular weight is 591 g/mol. The number of benzene rings is 3. The molecule has 0 aliphatic carbocycles. The number of likely N-dealkylation sites (tertiary alicyclic amines) is 1. The maximum absolute atomic E-state index is 14.2. The first-order chi connectivity index (χ1) is 21.5. The van der Waals surface area contributed by atoms with Crippen LogP contribution in [0.1, 0.15) is 47.3 Å². The third-order valence-corrected chi connectivity index (χ3v) is 8.64. The molecule has 0 spiro atoms. The van der Waals surface area contributed by atoms with Gasteiger partial charge < -0.3 is 15.1 Å². The zero-order valence-corrected chi connectivity index (χ0v) is 25.1. The van der Waals surface area contributed by atoms with Gasteiger partial charge in [0, 0.05) is 62.3 Å². The minimum Gasteiger partial charge on any atom is -0.353 e. The van der Waals surface area contributed by atoms with Gasteiger partial charge in [0.15, 0.2) is 5.82 Å². The van der Waals surface area contributed by atoms with Crippen LogP contribution in [0.25, 0.3) is 22.2 Å². The molecule has 2 aliphatic heterocycles. The molecule has 1 aromatic heterocycles. The van der Waals surface area contributed by atoms with Crippen molar-refractivity contribution in [1.29, 1.82) is 0 Å². The smallest absolute Gasteiger partial charge is 0.274 e. The topological polar surface area (TPSA) is 94.8 Å². The number of fused-ring (bicyclic) bond motifs is 1. The molecule has 9 nitrogen and oxygen atoms in total. The van der Waals surface area contributed by atoms with Crippen molar-refractivity contribution in [2.75, 3.05) is 39.3 Å². The Morgan fingerprint density at radius 2 is 1.50 bits per heavy atom. The van der Waals surface area contributed by atoms with Gasteiger partial charge in [0.05, 0.1) is 27.7 Å². The van der Waals surface area contributed by atoms with Gasteiger partial charge in [-0.1, -0.05) is 78.9 Å². The molecule has 4 aromatic rings. The number of nitrogens with one attached hydrogen (secondary N) is 1. The highest BCUT2D eigenvalue weighted by Gasteiger charge is 2.29. The van der Waals surface area contributed by atoms with Gasteiger partial charge in [-0.15, -0.1) is 0 Å². The maximum Gasteiger partial charge on any atom is 0.274 e. The van der Waals surface area contributed by atoms with Crippen LogP contribution in [0.3, 0.4) is 0 Å². The Balaban J connectivity index is 1.34. The summed E-state index contributed by atoms with van der Waals surface area (Å²) in [5.41, 5.74) is 5.11. The molecule has 226 valence electrons. The number of carbonyl (C=O) groups is 1. The first-order valence-electron chi connectivity index (χ1n) is 15.4. The van der Waals surface area contributed by atoms with Crippen LogP contribution in [0.5, 0.6) is 0 Å². The molecule has 2 aliphatic rings. The number of piperazine rings is 1. The predicted molar refractivity (Wildman–Crippen MR) is 172 cm³/mol. The molecule has 2 saturated heterocycles. The Morgan fingerprint density at radius 1 is 0.886 bits per heavy atom. The van der Waals surface area contributed by atoms with Crippen molar-refractivity contribution >= 4 is 16.8 Å². The first-order valence-corrected chi connectivity index (χ1v) is 15.4. The number of rotatable bonds is 9. The summed E-state index contributed by atoms with van der Waals surface area (Å²) in [7, 11) is 0. The van der Waals surface area contributed by atoms with Crippen molar-refractivity contribution in [3.8, 4) is 11.3 Å². The molecule has 0 bridgehead atoms. The van der Waals surface area contributed by atoms with E-state index >= 15 is 0 Å². The highest BCUT2D eigenvalue weighted by Crippen LogP contribution is 2.32. The Hall–Kier alpha value is -4.76. The lowest BCUT2D eigenvalue weighted by Gasteiger charge is -2.39. The minimum atomic E-state index is -0.339. The van der Waals surface area contributed by atoms with Crippen molar-refractivity contribution in [3.63, 3.8) is 0 Å². The second kappa shape index (κ2) is 13.3. The standard InChI is InChI=1S/C35H38N6O3/c1-26(27-12-4-2-5-13-27)36-35(42)33-29-16-8-9-17-31(29)37-34(28-14-6-3-7-15-28)30(33)24-38-20-22-40(23-21-38)32(25-41(43)44)39-18-10-11-19-39/h2-9,12-17,25-26H,10-11,18-24H2,1H3,(H,36,42)/b32-25+/t26-/m0/s1.